The summed E-state index contributed by atoms with van der Waals surface area (Å²) in [6.45, 7) is 0. The number of aliphatic imine (C=N–C) groups is 1. The van der Waals surface area contributed by atoms with Crippen LogP contribution < -0.4 is 5.32 Å². The third-order valence-electron chi connectivity index (χ3n) is 3.51. The Bertz CT molecular complexity index is 708. The summed E-state index contributed by atoms with van der Waals surface area (Å²) in [6.07, 6.45) is 1.44. The van der Waals surface area contributed by atoms with Crippen molar-refractivity contribution in [3.05, 3.63) is 59.7 Å². The quantitative estimate of drug-likeness (QED) is 0.780. The number of hydrogen-bond donors (Lipinski definition) is 1. The van der Waals surface area contributed by atoms with Crippen molar-refractivity contribution in [3.63, 3.8) is 0 Å². The molecule has 1 atom stereocenters. The number of carbonyl (C=O) groups is 1. The minimum absolute atomic E-state index is 0.0161. The maximum Gasteiger partial charge on any atom is 0.263 e. The van der Waals surface area contributed by atoms with E-state index < -0.39 is 0 Å². The van der Waals surface area contributed by atoms with E-state index in [1.807, 2.05) is 48.5 Å². The van der Waals surface area contributed by atoms with Gasteiger partial charge in [0.15, 0.2) is 0 Å². The lowest BCUT2D eigenvalue weighted by molar-refractivity contribution is 0.0808. The van der Waals surface area contributed by atoms with Gasteiger partial charge in [0.1, 0.15) is 12.5 Å². The lowest BCUT2D eigenvalue weighted by Crippen LogP contribution is -2.43. The fourth-order valence-corrected chi connectivity index (χ4v) is 2.58. The van der Waals surface area contributed by atoms with E-state index in [9.17, 15) is 4.79 Å². The van der Waals surface area contributed by atoms with Gasteiger partial charge >= 0.3 is 0 Å². The lowest BCUT2D eigenvalue weighted by Gasteiger charge is -2.37. The van der Waals surface area contributed by atoms with Gasteiger partial charge in [-0.2, -0.15) is 0 Å². The molecule has 92 valence electrons. The van der Waals surface area contributed by atoms with E-state index in [4.69, 9.17) is 0 Å². The zero-order chi connectivity index (χ0) is 12.8. The van der Waals surface area contributed by atoms with Crippen molar-refractivity contribution in [2.24, 2.45) is 4.99 Å². The average molecular weight is 249 g/mol. The van der Waals surface area contributed by atoms with Gasteiger partial charge in [0, 0.05) is 11.3 Å². The van der Waals surface area contributed by atoms with Crippen molar-refractivity contribution in [2.45, 2.75) is 6.17 Å². The van der Waals surface area contributed by atoms with Crippen LogP contribution in [0.2, 0.25) is 0 Å². The van der Waals surface area contributed by atoms with Crippen molar-refractivity contribution in [2.75, 3.05) is 5.32 Å². The number of para-hydroxylation sites is 2. The number of nitrogens with one attached hydrogen (secondary N) is 1. The van der Waals surface area contributed by atoms with Crippen LogP contribution in [0.1, 0.15) is 22.1 Å². The maximum absolute atomic E-state index is 12.5. The minimum Gasteiger partial charge on any atom is -0.360 e. The van der Waals surface area contributed by atoms with Crippen LogP contribution in [0.15, 0.2) is 53.5 Å². The maximum atomic E-state index is 12.5. The smallest absolute Gasteiger partial charge is 0.263 e. The topological polar surface area (TPSA) is 44.7 Å². The summed E-state index contributed by atoms with van der Waals surface area (Å²) in [5.41, 5.74) is 3.49. The van der Waals surface area contributed by atoms with E-state index in [1.54, 1.807) is 11.2 Å². The Kier molecular flexibility index (Phi) is 2.00. The molecule has 2 heterocycles. The molecule has 1 amide bonds. The number of benzene rings is 2. The molecule has 1 N–H and O–H groups in total. The fraction of sp³-hybridized carbons (Fsp3) is 0.0667. The number of carbonyl (C=O) groups excluding carboxylic acids is 1. The highest BCUT2D eigenvalue weighted by Gasteiger charge is 2.34. The first-order valence-electron chi connectivity index (χ1n) is 6.16. The van der Waals surface area contributed by atoms with Gasteiger partial charge in [-0.1, -0.05) is 30.3 Å². The van der Waals surface area contributed by atoms with Gasteiger partial charge < -0.3 is 5.32 Å². The van der Waals surface area contributed by atoms with E-state index >= 15 is 0 Å². The standard InChI is InChI=1S/C15H11N3O/c19-15-11-6-2-4-8-13(11)17-14-10-5-1-3-7-12(10)16-9-18(14)15/h1-9,14,17H. The molecule has 0 bridgehead atoms. The average Bonchev–Trinajstić information content (AvgIpc) is 2.47. The molecule has 0 fully saturated rings. The van der Waals surface area contributed by atoms with Crippen LogP contribution in [0, 0.1) is 0 Å². The zero-order valence-corrected chi connectivity index (χ0v) is 10.1. The second kappa shape index (κ2) is 3.68. The van der Waals surface area contributed by atoms with Gasteiger partial charge in [0.2, 0.25) is 0 Å². The number of rotatable bonds is 0. The summed E-state index contributed by atoms with van der Waals surface area (Å²) in [5.74, 6) is -0.0161. The van der Waals surface area contributed by atoms with Gasteiger partial charge in [0.25, 0.3) is 5.91 Å². The molecule has 2 aromatic carbocycles. The van der Waals surface area contributed by atoms with Crippen LogP contribution in [0.4, 0.5) is 11.4 Å². The molecule has 0 aromatic heterocycles. The summed E-state index contributed by atoms with van der Waals surface area (Å²) in [4.78, 5) is 18.4. The van der Waals surface area contributed by atoms with Gasteiger partial charge in [-0.25, -0.2) is 4.99 Å². The van der Waals surface area contributed by atoms with Gasteiger partial charge in [0.05, 0.1) is 11.3 Å². The molecular formula is C15H11N3O. The van der Waals surface area contributed by atoms with Crippen LogP contribution >= 0.6 is 0 Å². The van der Waals surface area contributed by atoms with Crippen LogP contribution in [0.25, 0.3) is 0 Å². The summed E-state index contributed by atoms with van der Waals surface area (Å²) in [6, 6.07) is 15.4. The Balaban J connectivity index is 1.89. The Morgan fingerprint density at radius 3 is 2.79 bits per heavy atom. The number of fused-ring (bicyclic) bond motifs is 4. The molecule has 4 rings (SSSR count). The van der Waals surface area contributed by atoms with Crippen LogP contribution in [-0.2, 0) is 0 Å². The molecule has 2 aliphatic rings. The van der Waals surface area contributed by atoms with Crippen LogP contribution in [-0.4, -0.2) is 17.1 Å². The van der Waals surface area contributed by atoms with Crippen molar-refractivity contribution < 1.29 is 4.79 Å². The SMILES string of the molecule is O=C1c2ccccc2NC2c3ccccc3N=CN12. The molecule has 0 saturated carbocycles. The Hall–Kier alpha value is -2.62. The van der Waals surface area contributed by atoms with Gasteiger partial charge in [-0.05, 0) is 18.2 Å². The van der Waals surface area contributed by atoms with Crippen LogP contribution in [0.3, 0.4) is 0 Å². The molecule has 2 aromatic rings. The van der Waals surface area contributed by atoms with E-state index in [1.165, 1.54) is 0 Å². The first-order valence-corrected chi connectivity index (χ1v) is 6.16. The van der Waals surface area contributed by atoms with Crippen molar-refractivity contribution >= 4 is 23.6 Å². The minimum atomic E-state index is -0.170. The van der Waals surface area contributed by atoms with E-state index in [0.717, 1.165) is 16.9 Å². The van der Waals surface area contributed by atoms with Crippen molar-refractivity contribution in [3.8, 4) is 0 Å². The number of anilines is 1. The highest BCUT2D eigenvalue weighted by Crippen LogP contribution is 2.38. The summed E-state index contributed by atoms with van der Waals surface area (Å²) in [7, 11) is 0. The monoisotopic (exact) mass is 249 g/mol. The first kappa shape index (κ1) is 10.3. The van der Waals surface area contributed by atoms with E-state index in [0.29, 0.717) is 5.56 Å². The molecule has 0 saturated heterocycles. The second-order valence-corrected chi connectivity index (χ2v) is 4.61. The second-order valence-electron chi connectivity index (χ2n) is 4.61. The molecule has 19 heavy (non-hydrogen) atoms. The van der Waals surface area contributed by atoms with Crippen molar-refractivity contribution in [1.29, 1.82) is 0 Å². The van der Waals surface area contributed by atoms with Gasteiger partial charge in [-0.15, -0.1) is 0 Å². The first-order chi connectivity index (χ1) is 9.34. The Morgan fingerprint density at radius 2 is 1.84 bits per heavy atom. The summed E-state index contributed by atoms with van der Waals surface area (Å²) >= 11 is 0. The van der Waals surface area contributed by atoms with Crippen molar-refractivity contribution in [1.82, 2.24) is 4.90 Å². The van der Waals surface area contributed by atoms with E-state index in [2.05, 4.69) is 10.3 Å². The highest BCUT2D eigenvalue weighted by atomic mass is 16.2. The number of amides is 1. The molecule has 0 radical (unpaired) electrons. The predicted molar refractivity (Wildman–Crippen MR) is 73.6 cm³/mol. The number of nitrogens with zero attached hydrogens (tertiary/aromatic N) is 2. The normalized spacial score (nSPS) is 19.3. The largest absolute Gasteiger partial charge is 0.360 e. The molecule has 4 nitrogen and oxygen atoms in total. The molecular weight excluding hydrogens is 238 g/mol. The molecule has 0 spiro atoms. The predicted octanol–water partition coefficient (Wildman–Crippen LogP) is 2.93. The Labute approximate surface area is 110 Å². The molecule has 1 unspecified atom stereocenters. The van der Waals surface area contributed by atoms with Crippen LogP contribution in [0.5, 0.6) is 0 Å². The summed E-state index contributed by atoms with van der Waals surface area (Å²) < 4.78 is 0. The molecule has 2 aliphatic heterocycles. The summed E-state index contributed by atoms with van der Waals surface area (Å²) in [5, 5.41) is 3.40. The molecule has 0 aliphatic carbocycles. The third-order valence-corrected chi connectivity index (χ3v) is 3.51. The number of hydrogen-bond acceptors (Lipinski definition) is 3. The lowest BCUT2D eigenvalue weighted by atomic mass is 10.0. The zero-order valence-electron chi connectivity index (χ0n) is 10.1. The van der Waals surface area contributed by atoms with E-state index in [-0.39, 0.29) is 12.1 Å². The third kappa shape index (κ3) is 1.40. The fourth-order valence-electron chi connectivity index (χ4n) is 2.58. The van der Waals surface area contributed by atoms with Gasteiger partial charge in [-0.3, -0.25) is 9.69 Å². The molecule has 4 heteroatoms. The highest BCUT2D eigenvalue weighted by molar-refractivity contribution is 6.07. The Morgan fingerprint density at radius 1 is 1.05 bits per heavy atom.